The van der Waals surface area contributed by atoms with Gasteiger partial charge in [-0.15, -0.1) is 0 Å². The Hall–Kier alpha value is -0.630. The maximum absolute atomic E-state index is 12.0. The predicted molar refractivity (Wildman–Crippen MR) is 126 cm³/mol. The van der Waals surface area contributed by atoms with E-state index in [0.717, 1.165) is 55.5 Å². The fourth-order valence-corrected chi connectivity index (χ4v) is 8.58. The highest BCUT2D eigenvalue weighted by Gasteiger charge is 2.59. The molecule has 0 aromatic carbocycles. The van der Waals surface area contributed by atoms with Crippen LogP contribution in [0.3, 0.4) is 0 Å². The minimum atomic E-state index is 0.332. The van der Waals surface area contributed by atoms with Crippen molar-refractivity contribution in [1.29, 1.82) is 0 Å². The quantitative estimate of drug-likeness (QED) is 0.514. The molecule has 2 heteroatoms. The SMILES string of the molecule is CC(C)CCC[C@@H](C)[C@H]1CC[C@H]2[C@@H]3CCC4=CC(=O)CC[C@]4(C)[C@H]3CC[C@]12C.CO. The summed E-state index contributed by atoms with van der Waals surface area (Å²) in [5, 5.41) is 7.00. The first-order valence-electron chi connectivity index (χ1n) is 12.9. The number of allylic oxidation sites excluding steroid dienone is 1. The Kier molecular flexibility index (Phi) is 7.58. The van der Waals surface area contributed by atoms with Crippen LogP contribution in [-0.4, -0.2) is 18.0 Å². The number of fused-ring (bicyclic) bond motifs is 5. The molecule has 3 saturated carbocycles. The number of rotatable bonds is 5. The molecular formula is C28H48O2. The standard InChI is InChI=1S/C27H44O.CH4O/c1-18(2)7-6-8-19(3)23-11-12-24-22-10-9-20-17-21(28)13-15-26(20,4)25(22)14-16-27(23,24)5;1-2/h17-19,22-25H,6-16H2,1-5H3;2H,1H3/t19-,22+,23-,24+,25+,26+,27-;/m1./s1. The Labute approximate surface area is 186 Å². The van der Waals surface area contributed by atoms with E-state index in [9.17, 15) is 4.79 Å². The van der Waals surface area contributed by atoms with Gasteiger partial charge in [0.05, 0.1) is 0 Å². The minimum Gasteiger partial charge on any atom is -0.400 e. The maximum atomic E-state index is 12.0. The van der Waals surface area contributed by atoms with Crippen LogP contribution >= 0.6 is 0 Å². The number of hydrogen-bond acceptors (Lipinski definition) is 2. The summed E-state index contributed by atoms with van der Waals surface area (Å²) >= 11 is 0. The van der Waals surface area contributed by atoms with Gasteiger partial charge in [0.15, 0.2) is 5.78 Å². The average molecular weight is 417 g/mol. The minimum absolute atomic E-state index is 0.332. The first-order valence-corrected chi connectivity index (χ1v) is 12.9. The zero-order valence-corrected chi connectivity index (χ0v) is 20.7. The monoisotopic (exact) mass is 416 g/mol. The molecule has 4 aliphatic carbocycles. The molecule has 0 aromatic heterocycles. The molecule has 4 rings (SSSR count). The molecule has 0 unspecified atom stereocenters. The summed E-state index contributed by atoms with van der Waals surface area (Å²) in [5.41, 5.74) is 2.43. The second-order valence-corrected chi connectivity index (χ2v) is 12.0. The van der Waals surface area contributed by atoms with Gasteiger partial charge >= 0.3 is 0 Å². The van der Waals surface area contributed by atoms with Gasteiger partial charge in [0.2, 0.25) is 0 Å². The van der Waals surface area contributed by atoms with Crippen molar-refractivity contribution in [2.45, 2.75) is 105 Å². The van der Waals surface area contributed by atoms with E-state index in [1.165, 1.54) is 63.4 Å². The Morgan fingerprint density at radius 1 is 0.967 bits per heavy atom. The summed E-state index contributed by atoms with van der Waals surface area (Å²) in [6.07, 6.45) is 16.6. The molecular weight excluding hydrogens is 368 g/mol. The lowest BCUT2D eigenvalue weighted by atomic mass is 9.46. The Morgan fingerprint density at radius 3 is 2.40 bits per heavy atom. The van der Waals surface area contributed by atoms with Crippen molar-refractivity contribution in [2.24, 2.45) is 46.3 Å². The number of aliphatic hydroxyl groups is 1. The second kappa shape index (κ2) is 9.47. The smallest absolute Gasteiger partial charge is 0.155 e. The van der Waals surface area contributed by atoms with Gasteiger partial charge < -0.3 is 5.11 Å². The molecule has 0 heterocycles. The highest BCUT2D eigenvalue weighted by atomic mass is 16.2. The Bertz CT molecular complexity index is 635. The molecule has 30 heavy (non-hydrogen) atoms. The van der Waals surface area contributed by atoms with Gasteiger partial charge in [-0.3, -0.25) is 4.79 Å². The molecule has 172 valence electrons. The largest absolute Gasteiger partial charge is 0.400 e. The molecule has 7 atom stereocenters. The van der Waals surface area contributed by atoms with Gasteiger partial charge in [-0.2, -0.15) is 0 Å². The van der Waals surface area contributed by atoms with Crippen LogP contribution in [0.2, 0.25) is 0 Å². The summed E-state index contributed by atoms with van der Waals surface area (Å²) in [5.74, 6) is 5.79. The summed E-state index contributed by atoms with van der Waals surface area (Å²) in [6.45, 7) is 12.5. The van der Waals surface area contributed by atoms with E-state index in [1.54, 1.807) is 0 Å². The van der Waals surface area contributed by atoms with Crippen LogP contribution in [-0.2, 0) is 4.79 Å². The van der Waals surface area contributed by atoms with E-state index in [4.69, 9.17) is 5.11 Å². The lowest BCUT2D eigenvalue weighted by Crippen LogP contribution is -2.50. The van der Waals surface area contributed by atoms with Crippen molar-refractivity contribution in [3.8, 4) is 0 Å². The van der Waals surface area contributed by atoms with Gasteiger partial charge in [0, 0.05) is 13.5 Å². The van der Waals surface area contributed by atoms with E-state index >= 15 is 0 Å². The number of aliphatic hydroxyl groups excluding tert-OH is 1. The van der Waals surface area contributed by atoms with Crippen molar-refractivity contribution in [1.82, 2.24) is 0 Å². The zero-order chi connectivity index (χ0) is 22.1. The summed E-state index contributed by atoms with van der Waals surface area (Å²) in [6, 6.07) is 0. The van der Waals surface area contributed by atoms with E-state index in [2.05, 4.69) is 40.7 Å². The molecule has 0 amide bonds. The number of ketones is 1. The fraction of sp³-hybridized carbons (Fsp3) is 0.893. The second-order valence-electron chi connectivity index (χ2n) is 12.0. The summed E-state index contributed by atoms with van der Waals surface area (Å²) < 4.78 is 0. The molecule has 0 aromatic rings. The van der Waals surface area contributed by atoms with Crippen LogP contribution < -0.4 is 0 Å². The normalized spacial score (nSPS) is 41.2. The van der Waals surface area contributed by atoms with Crippen molar-refractivity contribution in [3.05, 3.63) is 11.6 Å². The van der Waals surface area contributed by atoms with Crippen LogP contribution in [0.15, 0.2) is 11.6 Å². The first-order chi connectivity index (χ1) is 14.3. The number of hydrogen-bond donors (Lipinski definition) is 1. The molecule has 4 aliphatic rings. The fourth-order valence-electron chi connectivity index (χ4n) is 8.58. The first kappa shape index (κ1) is 24.0. The maximum Gasteiger partial charge on any atom is 0.155 e. The van der Waals surface area contributed by atoms with E-state index in [0.29, 0.717) is 16.6 Å². The van der Waals surface area contributed by atoms with Crippen LogP contribution in [0.1, 0.15) is 105 Å². The zero-order valence-electron chi connectivity index (χ0n) is 20.7. The summed E-state index contributed by atoms with van der Waals surface area (Å²) in [4.78, 5) is 12.0. The molecule has 0 saturated heterocycles. The van der Waals surface area contributed by atoms with E-state index < -0.39 is 0 Å². The number of carbonyl (C=O) groups is 1. The molecule has 0 aliphatic heterocycles. The third kappa shape index (κ3) is 4.19. The number of carbonyl (C=O) groups excluding carboxylic acids is 1. The van der Waals surface area contributed by atoms with Gasteiger partial charge in [-0.05, 0) is 97.4 Å². The Morgan fingerprint density at radius 2 is 1.70 bits per heavy atom. The molecule has 2 nitrogen and oxygen atoms in total. The van der Waals surface area contributed by atoms with Crippen LogP contribution in [0.25, 0.3) is 0 Å². The molecule has 0 bridgehead atoms. The van der Waals surface area contributed by atoms with Crippen LogP contribution in [0.5, 0.6) is 0 Å². The van der Waals surface area contributed by atoms with Gasteiger partial charge in [0.1, 0.15) is 0 Å². The highest BCUT2D eigenvalue weighted by molar-refractivity contribution is 5.91. The van der Waals surface area contributed by atoms with Crippen molar-refractivity contribution in [3.63, 3.8) is 0 Å². The van der Waals surface area contributed by atoms with Crippen molar-refractivity contribution in [2.75, 3.05) is 7.11 Å². The molecule has 1 N–H and O–H groups in total. The third-order valence-corrected chi connectivity index (χ3v) is 10.2. The van der Waals surface area contributed by atoms with Gasteiger partial charge in [0.25, 0.3) is 0 Å². The average Bonchev–Trinajstić information content (AvgIpc) is 3.07. The van der Waals surface area contributed by atoms with E-state index in [1.807, 2.05) is 0 Å². The molecule has 0 radical (unpaired) electrons. The topological polar surface area (TPSA) is 37.3 Å². The predicted octanol–water partition coefficient (Wildman–Crippen LogP) is 7.21. The lowest BCUT2D eigenvalue weighted by Gasteiger charge is -2.58. The van der Waals surface area contributed by atoms with Gasteiger partial charge in [-0.1, -0.05) is 59.5 Å². The highest BCUT2D eigenvalue weighted by Crippen LogP contribution is 2.67. The Balaban J connectivity index is 0.00000124. The summed E-state index contributed by atoms with van der Waals surface area (Å²) in [7, 11) is 1.00. The van der Waals surface area contributed by atoms with Gasteiger partial charge in [-0.25, -0.2) is 0 Å². The molecule has 0 spiro atoms. The van der Waals surface area contributed by atoms with Crippen LogP contribution in [0, 0.1) is 46.3 Å². The lowest BCUT2D eigenvalue weighted by molar-refractivity contribution is -0.117. The third-order valence-electron chi connectivity index (χ3n) is 10.2. The molecule has 3 fully saturated rings. The van der Waals surface area contributed by atoms with E-state index in [-0.39, 0.29) is 0 Å². The van der Waals surface area contributed by atoms with Crippen molar-refractivity contribution < 1.29 is 9.90 Å². The van der Waals surface area contributed by atoms with Crippen LogP contribution in [0.4, 0.5) is 0 Å². The van der Waals surface area contributed by atoms with Crippen molar-refractivity contribution >= 4 is 5.78 Å².